The van der Waals surface area contributed by atoms with E-state index in [2.05, 4.69) is 23.9 Å². The van der Waals surface area contributed by atoms with Gasteiger partial charge in [-0.3, -0.25) is 24.1 Å². The van der Waals surface area contributed by atoms with Crippen molar-refractivity contribution >= 4 is 38.6 Å². The lowest BCUT2D eigenvalue weighted by Crippen LogP contribution is -2.54. The van der Waals surface area contributed by atoms with Crippen molar-refractivity contribution in [2.75, 3.05) is 20.7 Å². The first-order valence-electron chi connectivity index (χ1n) is 18.7. The Balaban J connectivity index is 1.22. The molecule has 3 amide bonds. The van der Waals surface area contributed by atoms with Crippen molar-refractivity contribution in [2.45, 2.75) is 94.9 Å². The largest absolute Gasteiger partial charge is 0.496 e. The summed E-state index contributed by atoms with van der Waals surface area (Å²) in [4.78, 5) is 53.6. The van der Waals surface area contributed by atoms with Gasteiger partial charge in [-0.25, -0.2) is 13.4 Å². The summed E-state index contributed by atoms with van der Waals surface area (Å²) in [6, 6.07) is 11.5. The lowest BCUT2D eigenvalue weighted by atomic mass is 9.93. The van der Waals surface area contributed by atoms with Crippen molar-refractivity contribution in [2.24, 2.45) is 17.8 Å². The number of ether oxygens (including phenoxy) is 2. The summed E-state index contributed by atoms with van der Waals surface area (Å²) in [7, 11) is -0.453. The van der Waals surface area contributed by atoms with Gasteiger partial charge in [-0.1, -0.05) is 32.1 Å². The standard InChI is InChI=1S/C40H49N5O7S/c1-23(2)31-12-10-13-32(41-31)33-21-35(28-16-17-34(51-5)24(3)36(28)42-33)52-26-19-29-30(20-26)38(47)45(4)18-9-7-6-8-11-25-22-40(25,43-37(29)46)39(48)44-53(49,50)27-14-15-27/h8,10-13,16-17,21,23,25-27,29-30H,6-7,9,14-15,18-20,22H2,1-5H3,(H,43,46)(H,44,48)/b11-8-/t25-,26+,29+,30+,40?/m0/s1. The van der Waals surface area contributed by atoms with E-state index in [1.807, 2.05) is 55.5 Å². The fraction of sp³-hybridized carbons (Fsp3) is 0.525. The lowest BCUT2D eigenvalue weighted by Gasteiger charge is -2.26. The number of fused-ring (bicyclic) bond motifs is 3. The maximum atomic E-state index is 14.3. The average Bonchev–Trinajstić information content (AvgIpc) is 4.06. The molecule has 2 N–H and O–H groups in total. The Bertz CT molecular complexity index is 2080. The van der Waals surface area contributed by atoms with E-state index in [4.69, 9.17) is 19.4 Å². The van der Waals surface area contributed by atoms with Gasteiger partial charge in [0, 0.05) is 42.2 Å². The van der Waals surface area contributed by atoms with Crippen molar-refractivity contribution in [1.82, 2.24) is 24.9 Å². The number of hydrogen-bond acceptors (Lipinski definition) is 9. The Labute approximate surface area is 311 Å². The van der Waals surface area contributed by atoms with Gasteiger partial charge in [0.05, 0.1) is 41.1 Å². The SMILES string of the molecule is COc1ccc2c(O[C@@H]3C[C@H]4C(=O)NC5(C(=O)NS(=O)(=O)C6CC6)C[C@@H]5/C=C\CCCCN(C)C(=O)[C@@H]4C3)cc(-c3cccc(C(C)C)n3)nc2c1C. The normalized spacial score (nSPS) is 27.0. The first kappa shape index (κ1) is 36.8. The molecule has 4 aliphatic rings. The fourth-order valence-corrected chi connectivity index (χ4v) is 9.18. The molecule has 3 saturated carbocycles. The second-order valence-corrected chi connectivity index (χ2v) is 17.4. The van der Waals surface area contributed by atoms with Crippen LogP contribution < -0.4 is 19.5 Å². The number of carbonyl (C=O) groups is 3. The maximum Gasteiger partial charge on any atom is 0.259 e. The van der Waals surface area contributed by atoms with Gasteiger partial charge in [-0.15, -0.1) is 0 Å². The Morgan fingerprint density at radius 3 is 2.55 bits per heavy atom. The predicted octanol–water partition coefficient (Wildman–Crippen LogP) is 5.19. The molecule has 1 unspecified atom stereocenters. The zero-order valence-electron chi connectivity index (χ0n) is 31.1. The fourth-order valence-electron chi connectivity index (χ4n) is 7.82. The van der Waals surface area contributed by atoms with Gasteiger partial charge in [0.1, 0.15) is 23.1 Å². The third-order valence-corrected chi connectivity index (χ3v) is 13.1. The summed E-state index contributed by atoms with van der Waals surface area (Å²) in [5.41, 5.74) is 2.39. The highest BCUT2D eigenvalue weighted by atomic mass is 32.2. The molecule has 13 heteroatoms. The number of aromatic nitrogens is 2. The molecule has 0 saturated heterocycles. The molecule has 2 aromatic heterocycles. The molecule has 282 valence electrons. The number of hydrogen-bond donors (Lipinski definition) is 2. The molecule has 0 bridgehead atoms. The number of allylic oxidation sites excluding steroid dienone is 1. The van der Waals surface area contributed by atoms with Crippen LogP contribution in [-0.2, 0) is 24.4 Å². The molecule has 3 heterocycles. The number of benzene rings is 1. The van der Waals surface area contributed by atoms with Crippen molar-refractivity contribution < 1.29 is 32.3 Å². The number of sulfonamides is 1. The minimum atomic E-state index is -3.83. The van der Waals surface area contributed by atoms with E-state index in [9.17, 15) is 22.8 Å². The van der Waals surface area contributed by atoms with E-state index >= 15 is 0 Å². The van der Waals surface area contributed by atoms with Crippen molar-refractivity contribution in [1.29, 1.82) is 0 Å². The zero-order chi connectivity index (χ0) is 37.7. The number of pyridine rings is 2. The summed E-state index contributed by atoms with van der Waals surface area (Å²) in [5, 5.41) is 3.14. The van der Waals surface area contributed by atoms with Crippen LogP contribution in [-0.4, -0.2) is 78.6 Å². The minimum absolute atomic E-state index is 0.151. The molecule has 1 aromatic carbocycles. The molecule has 5 atom stereocenters. The summed E-state index contributed by atoms with van der Waals surface area (Å²) >= 11 is 0. The first-order chi connectivity index (χ1) is 25.3. The van der Waals surface area contributed by atoms with Crippen LogP contribution in [0.25, 0.3) is 22.3 Å². The van der Waals surface area contributed by atoms with Crippen LogP contribution in [0.4, 0.5) is 0 Å². The molecule has 0 spiro atoms. The molecule has 1 aliphatic heterocycles. The molecular weight excluding hydrogens is 695 g/mol. The molecule has 7 rings (SSSR count). The maximum absolute atomic E-state index is 14.3. The summed E-state index contributed by atoms with van der Waals surface area (Å²) in [6.07, 6.45) is 7.57. The van der Waals surface area contributed by atoms with Crippen LogP contribution in [0, 0.1) is 24.7 Å². The number of aryl methyl sites for hydroxylation is 1. The van der Waals surface area contributed by atoms with E-state index in [0.717, 1.165) is 35.9 Å². The van der Waals surface area contributed by atoms with Crippen molar-refractivity contribution in [3.8, 4) is 22.9 Å². The minimum Gasteiger partial charge on any atom is -0.496 e. The number of rotatable bonds is 8. The van der Waals surface area contributed by atoms with Crippen molar-refractivity contribution in [3.63, 3.8) is 0 Å². The predicted molar refractivity (Wildman–Crippen MR) is 201 cm³/mol. The van der Waals surface area contributed by atoms with Gasteiger partial charge < -0.3 is 19.7 Å². The molecule has 53 heavy (non-hydrogen) atoms. The van der Waals surface area contributed by atoms with Crippen LogP contribution in [0.2, 0.25) is 0 Å². The van der Waals surface area contributed by atoms with E-state index in [1.165, 1.54) is 0 Å². The zero-order valence-corrected chi connectivity index (χ0v) is 31.9. The smallest absolute Gasteiger partial charge is 0.259 e. The third kappa shape index (κ3) is 7.36. The van der Waals surface area contributed by atoms with Gasteiger partial charge in [0.25, 0.3) is 5.91 Å². The number of nitrogens with zero attached hydrogens (tertiary/aromatic N) is 3. The van der Waals surface area contributed by atoms with Crippen molar-refractivity contribution in [3.05, 3.63) is 59.8 Å². The number of amides is 3. The molecule has 3 aromatic rings. The summed E-state index contributed by atoms with van der Waals surface area (Å²) in [6.45, 7) is 6.67. The quantitative estimate of drug-likeness (QED) is 0.297. The molecule has 0 radical (unpaired) electrons. The monoisotopic (exact) mass is 743 g/mol. The molecule has 12 nitrogen and oxygen atoms in total. The highest BCUT2D eigenvalue weighted by Crippen LogP contribution is 2.47. The number of nitrogens with one attached hydrogen (secondary N) is 2. The third-order valence-electron chi connectivity index (χ3n) is 11.3. The Morgan fingerprint density at radius 2 is 1.81 bits per heavy atom. The summed E-state index contributed by atoms with van der Waals surface area (Å²) in [5.74, 6) is -1.72. The Hall–Kier alpha value is -4.52. The van der Waals surface area contributed by atoms with Gasteiger partial charge in [0.15, 0.2) is 0 Å². The topological polar surface area (TPSA) is 157 Å². The Morgan fingerprint density at radius 1 is 1.04 bits per heavy atom. The van der Waals surface area contributed by atoms with Crippen LogP contribution >= 0.6 is 0 Å². The number of methoxy groups -OCH3 is 1. The molecule has 3 aliphatic carbocycles. The Kier molecular flexibility index (Phi) is 9.99. The lowest BCUT2D eigenvalue weighted by molar-refractivity contribution is -0.140. The first-order valence-corrected chi connectivity index (χ1v) is 20.3. The highest BCUT2D eigenvalue weighted by molar-refractivity contribution is 7.91. The number of carbonyl (C=O) groups excluding carboxylic acids is 3. The van der Waals surface area contributed by atoms with E-state index < -0.39 is 50.6 Å². The van der Waals surface area contributed by atoms with Crippen LogP contribution in [0.15, 0.2) is 48.6 Å². The van der Waals surface area contributed by atoms with Gasteiger partial charge in [-0.2, -0.15) is 0 Å². The van der Waals surface area contributed by atoms with Crippen LogP contribution in [0.1, 0.15) is 82.4 Å². The highest BCUT2D eigenvalue weighted by Gasteiger charge is 2.62. The van der Waals surface area contributed by atoms with E-state index in [1.54, 1.807) is 19.1 Å². The van der Waals surface area contributed by atoms with E-state index in [-0.39, 0.29) is 37.0 Å². The van der Waals surface area contributed by atoms with Gasteiger partial charge in [-0.05, 0) is 88.5 Å². The van der Waals surface area contributed by atoms with Crippen LogP contribution in [0.5, 0.6) is 11.5 Å². The van der Waals surface area contributed by atoms with Gasteiger partial charge >= 0.3 is 0 Å². The second kappa shape index (κ2) is 14.4. The summed E-state index contributed by atoms with van der Waals surface area (Å²) < 4.78 is 40.3. The van der Waals surface area contributed by atoms with E-state index in [0.29, 0.717) is 47.8 Å². The second-order valence-electron chi connectivity index (χ2n) is 15.5. The van der Waals surface area contributed by atoms with Gasteiger partial charge in [0.2, 0.25) is 21.8 Å². The van der Waals surface area contributed by atoms with Crippen LogP contribution in [0.3, 0.4) is 0 Å². The molecule has 3 fully saturated rings. The average molecular weight is 744 g/mol. The molecular formula is C40H49N5O7S.